The maximum atomic E-state index is 11.6. The Balaban J connectivity index is 1.63. The minimum atomic E-state index is -0.501. The van der Waals surface area contributed by atoms with Crippen LogP contribution in [0.4, 0.5) is 10.6 Å². The number of hydrogen-bond acceptors (Lipinski definition) is 4. The molecule has 128 valence electrons. The molecule has 3 aromatic rings. The van der Waals surface area contributed by atoms with Gasteiger partial charge < -0.3 is 9.30 Å². The van der Waals surface area contributed by atoms with Crippen LogP contribution in [0.3, 0.4) is 0 Å². The average molecular weight is 336 g/mol. The van der Waals surface area contributed by atoms with Crippen LogP contribution in [-0.4, -0.2) is 27.2 Å². The number of rotatable bonds is 5. The van der Waals surface area contributed by atoms with Gasteiger partial charge in [0.1, 0.15) is 5.82 Å². The van der Waals surface area contributed by atoms with Crippen molar-refractivity contribution in [2.45, 2.75) is 26.3 Å². The van der Waals surface area contributed by atoms with Crippen LogP contribution in [0.2, 0.25) is 0 Å². The highest BCUT2D eigenvalue weighted by Crippen LogP contribution is 2.32. The summed E-state index contributed by atoms with van der Waals surface area (Å²) in [6, 6.07) is 7.94. The highest BCUT2D eigenvalue weighted by Gasteiger charge is 2.22. The Kier molecular flexibility index (Phi) is 4.09. The fourth-order valence-corrected chi connectivity index (χ4v) is 2.91. The third kappa shape index (κ3) is 3.47. The van der Waals surface area contributed by atoms with E-state index in [1.54, 1.807) is 13.1 Å². The summed E-state index contributed by atoms with van der Waals surface area (Å²) in [5.41, 5.74) is 4.09. The molecule has 1 aliphatic carbocycles. The molecule has 0 aliphatic heterocycles. The molecule has 0 aromatic carbocycles. The van der Waals surface area contributed by atoms with E-state index in [4.69, 9.17) is 4.74 Å². The van der Waals surface area contributed by atoms with Crippen molar-refractivity contribution in [1.82, 2.24) is 14.5 Å². The Hall–Kier alpha value is -2.89. The summed E-state index contributed by atoms with van der Waals surface area (Å²) in [6.07, 6.45) is 7.77. The first-order valence-corrected chi connectivity index (χ1v) is 8.58. The van der Waals surface area contributed by atoms with E-state index in [-0.39, 0.29) is 0 Å². The van der Waals surface area contributed by atoms with Crippen molar-refractivity contribution < 1.29 is 9.53 Å². The number of pyridine rings is 2. The van der Waals surface area contributed by atoms with Gasteiger partial charge in [-0.25, -0.2) is 9.78 Å². The van der Waals surface area contributed by atoms with Crippen molar-refractivity contribution in [3.05, 3.63) is 42.9 Å². The van der Waals surface area contributed by atoms with Gasteiger partial charge in [-0.2, -0.15) is 0 Å². The van der Waals surface area contributed by atoms with Crippen LogP contribution in [0.5, 0.6) is 0 Å². The molecule has 1 amide bonds. The van der Waals surface area contributed by atoms with Crippen LogP contribution in [0.15, 0.2) is 42.9 Å². The molecule has 6 nitrogen and oxygen atoms in total. The molecule has 1 saturated carbocycles. The minimum absolute atomic E-state index is 0.324. The van der Waals surface area contributed by atoms with E-state index in [1.165, 1.54) is 12.8 Å². The molecule has 1 aliphatic rings. The van der Waals surface area contributed by atoms with Crippen LogP contribution in [-0.2, 0) is 11.3 Å². The highest BCUT2D eigenvalue weighted by molar-refractivity contribution is 5.85. The van der Waals surface area contributed by atoms with E-state index in [2.05, 4.69) is 38.2 Å². The van der Waals surface area contributed by atoms with Gasteiger partial charge in [-0.05, 0) is 55.5 Å². The molecule has 0 saturated heterocycles. The first-order valence-electron chi connectivity index (χ1n) is 8.58. The zero-order valence-corrected chi connectivity index (χ0v) is 14.1. The normalized spacial score (nSPS) is 13.8. The average Bonchev–Trinajstić information content (AvgIpc) is 3.34. The molecular weight excluding hydrogens is 316 g/mol. The molecule has 0 bridgehead atoms. The summed E-state index contributed by atoms with van der Waals surface area (Å²) in [6.45, 7) is 3.14. The number of ether oxygens (including phenoxy) is 1. The molecule has 0 atom stereocenters. The van der Waals surface area contributed by atoms with Gasteiger partial charge >= 0.3 is 6.09 Å². The quantitative estimate of drug-likeness (QED) is 0.762. The molecule has 1 N–H and O–H groups in total. The second kappa shape index (κ2) is 6.55. The third-order valence-corrected chi connectivity index (χ3v) is 4.37. The predicted octanol–water partition coefficient (Wildman–Crippen LogP) is 4.08. The van der Waals surface area contributed by atoms with Gasteiger partial charge in [0.05, 0.1) is 17.6 Å². The number of aromatic nitrogens is 3. The van der Waals surface area contributed by atoms with E-state index in [9.17, 15) is 4.79 Å². The van der Waals surface area contributed by atoms with Crippen molar-refractivity contribution in [2.75, 3.05) is 11.9 Å². The summed E-state index contributed by atoms with van der Waals surface area (Å²) in [4.78, 5) is 20.3. The number of carbonyl (C=O) groups excluding carboxylic acids is 1. The molecule has 0 radical (unpaired) electrons. The fourth-order valence-electron chi connectivity index (χ4n) is 2.91. The van der Waals surface area contributed by atoms with Crippen molar-refractivity contribution in [1.29, 1.82) is 0 Å². The molecule has 6 heteroatoms. The van der Waals surface area contributed by atoms with Gasteiger partial charge in [0, 0.05) is 30.7 Å². The number of hydrogen-bond donors (Lipinski definition) is 1. The van der Waals surface area contributed by atoms with Crippen LogP contribution in [0, 0.1) is 5.92 Å². The summed E-state index contributed by atoms with van der Waals surface area (Å²) in [5.74, 6) is 1.27. The smallest absolute Gasteiger partial charge is 0.412 e. The number of nitrogens with zero attached hydrogens (tertiary/aromatic N) is 3. The van der Waals surface area contributed by atoms with Gasteiger partial charge in [-0.1, -0.05) is 0 Å². The van der Waals surface area contributed by atoms with E-state index < -0.39 is 6.09 Å². The van der Waals surface area contributed by atoms with Crippen molar-refractivity contribution >= 4 is 22.9 Å². The monoisotopic (exact) mass is 336 g/mol. The molecule has 3 aromatic heterocycles. The highest BCUT2D eigenvalue weighted by atomic mass is 16.5. The van der Waals surface area contributed by atoms with E-state index in [0.717, 1.165) is 34.6 Å². The first kappa shape index (κ1) is 15.6. The molecule has 1 fully saturated rings. The molecule has 25 heavy (non-hydrogen) atoms. The zero-order valence-electron chi connectivity index (χ0n) is 14.1. The Bertz CT molecular complexity index is 915. The lowest BCUT2D eigenvalue weighted by Crippen LogP contribution is -2.14. The second-order valence-electron chi connectivity index (χ2n) is 6.32. The maximum absolute atomic E-state index is 11.6. The molecular formula is C19H20N4O2. The predicted molar refractivity (Wildman–Crippen MR) is 96.3 cm³/mol. The van der Waals surface area contributed by atoms with Crippen LogP contribution >= 0.6 is 0 Å². The summed E-state index contributed by atoms with van der Waals surface area (Å²) in [5, 5.41) is 2.63. The standard InChI is InChI=1S/C19H20N4O2/c1-2-25-19(24)22-18-10-14(5-7-20-18)15-9-17-16(21-11-15)6-8-23(17)12-13-3-4-13/h5-11,13H,2-4,12H2,1H3,(H,20,22,24). The zero-order chi connectivity index (χ0) is 17.2. The minimum Gasteiger partial charge on any atom is -0.450 e. The first-order chi connectivity index (χ1) is 12.2. The number of carbonyl (C=O) groups is 1. The Morgan fingerprint density at radius 1 is 1.28 bits per heavy atom. The van der Waals surface area contributed by atoms with Crippen molar-refractivity contribution in [3.8, 4) is 11.1 Å². The van der Waals surface area contributed by atoms with Crippen molar-refractivity contribution in [3.63, 3.8) is 0 Å². The number of fused-ring (bicyclic) bond motifs is 1. The second-order valence-corrected chi connectivity index (χ2v) is 6.32. The summed E-state index contributed by atoms with van der Waals surface area (Å²) >= 11 is 0. The topological polar surface area (TPSA) is 69.0 Å². The lowest BCUT2D eigenvalue weighted by molar-refractivity contribution is 0.168. The fraction of sp³-hybridized carbons (Fsp3) is 0.316. The summed E-state index contributed by atoms with van der Waals surface area (Å²) < 4.78 is 7.17. The van der Waals surface area contributed by atoms with Gasteiger partial charge in [0.25, 0.3) is 0 Å². The number of anilines is 1. The van der Waals surface area contributed by atoms with Gasteiger partial charge in [0.15, 0.2) is 0 Å². The Morgan fingerprint density at radius 2 is 2.16 bits per heavy atom. The molecule has 3 heterocycles. The lowest BCUT2D eigenvalue weighted by Gasteiger charge is -2.08. The van der Waals surface area contributed by atoms with E-state index >= 15 is 0 Å². The third-order valence-electron chi connectivity index (χ3n) is 4.37. The van der Waals surface area contributed by atoms with Gasteiger partial charge in [-0.3, -0.25) is 10.3 Å². The Labute approximate surface area is 145 Å². The van der Waals surface area contributed by atoms with Crippen molar-refractivity contribution in [2.24, 2.45) is 5.92 Å². The van der Waals surface area contributed by atoms with E-state index in [0.29, 0.717) is 12.4 Å². The van der Waals surface area contributed by atoms with Gasteiger partial charge in [-0.15, -0.1) is 0 Å². The van der Waals surface area contributed by atoms with Crippen LogP contribution in [0.25, 0.3) is 22.2 Å². The summed E-state index contributed by atoms with van der Waals surface area (Å²) in [7, 11) is 0. The maximum Gasteiger partial charge on any atom is 0.412 e. The number of nitrogens with one attached hydrogen (secondary N) is 1. The largest absolute Gasteiger partial charge is 0.450 e. The number of amides is 1. The SMILES string of the molecule is CCOC(=O)Nc1cc(-c2cnc3ccn(CC4CC4)c3c2)ccn1. The van der Waals surface area contributed by atoms with Crippen LogP contribution in [0.1, 0.15) is 19.8 Å². The van der Waals surface area contributed by atoms with Crippen LogP contribution < -0.4 is 5.32 Å². The Morgan fingerprint density at radius 3 is 2.96 bits per heavy atom. The molecule has 4 rings (SSSR count). The lowest BCUT2D eigenvalue weighted by atomic mass is 10.1. The van der Waals surface area contributed by atoms with Gasteiger partial charge in [0.2, 0.25) is 0 Å². The van der Waals surface area contributed by atoms with E-state index in [1.807, 2.05) is 18.3 Å². The molecule has 0 spiro atoms. The molecule has 0 unspecified atom stereocenters.